The molecule has 0 aliphatic rings. The van der Waals surface area contributed by atoms with Crippen molar-refractivity contribution < 1.29 is 14.3 Å². The van der Waals surface area contributed by atoms with Gasteiger partial charge >= 0.3 is 5.63 Å². The lowest BCUT2D eigenvalue weighted by Crippen LogP contribution is -1.99. The zero-order chi connectivity index (χ0) is 11.0. The average Bonchev–Trinajstić information content (AvgIpc) is 2.23. The largest absolute Gasteiger partial charge is 0.508 e. The molecule has 0 aliphatic carbocycles. The van der Waals surface area contributed by atoms with E-state index in [9.17, 15) is 9.90 Å². The molecular formula is C11H10O4. The summed E-state index contributed by atoms with van der Waals surface area (Å²) in [6, 6.07) is 4.47. The third kappa shape index (κ3) is 1.44. The third-order valence-corrected chi connectivity index (χ3v) is 2.31. The first-order valence-corrected chi connectivity index (χ1v) is 4.44. The zero-order valence-electron chi connectivity index (χ0n) is 8.40. The highest BCUT2D eigenvalue weighted by molar-refractivity contribution is 5.87. The second kappa shape index (κ2) is 3.31. The molecule has 4 heteroatoms. The van der Waals surface area contributed by atoms with Crippen LogP contribution in [0.25, 0.3) is 11.0 Å². The van der Waals surface area contributed by atoms with Crippen LogP contribution in [0.3, 0.4) is 0 Å². The minimum atomic E-state index is -0.493. The van der Waals surface area contributed by atoms with Gasteiger partial charge in [0, 0.05) is 5.56 Å². The van der Waals surface area contributed by atoms with Gasteiger partial charge in [0.2, 0.25) is 0 Å². The van der Waals surface area contributed by atoms with E-state index in [0.29, 0.717) is 22.3 Å². The number of methoxy groups -OCH3 is 1. The fourth-order valence-electron chi connectivity index (χ4n) is 1.49. The smallest absolute Gasteiger partial charge is 0.339 e. The van der Waals surface area contributed by atoms with Gasteiger partial charge in [0.05, 0.1) is 18.6 Å². The van der Waals surface area contributed by atoms with Crippen molar-refractivity contribution in [3.05, 3.63) is 34.2 Å². The molecular weight excluding hydrogens is 196 g/mol. The summed E-state index contributed by atoms with van der Waals surface area (Å²) in [5, 5.41) is 10.1. The summed E-state index contributed by atoms with van der Waals surface area (Å²) >= 11 is 0. The van der Waals surface area contributed by atoms with Crippen molar-refractivity contribution in [3.63, 3.8) is 0 Å². The maximum Gasteiger partial charge on any atom is 0.339 e. The molecule has 1 aromatic carbocycles. The molecule has 0 fully saturated rings. The van der Waals surface area contributed by atoms with Gasteiger partial charge < -0.3 is 14.3 Å². The van der Waals surface area contributed by atoms with Crippen molar-refractivity contribution in [2.24, 2.45) is 0 Å². The number of rotatable bonds is 1. The Morgan fingerprint density at radius 3 is 2.80 bits per heavy atom. The molecule has 78 valence electrons. The molecule has 0 amide bonds. The van der Waals surface area contributed by atoms with Gasteiger partial charge in [-0.2, -0.15) is 0 Å². The Bertz CT molecular complexity index is 569. The topological polar surface area (TPSA) is 59.7 Å². The van der Waals surface area contributed by atoms with E-state index in [4.69, 9.17) is 9.15 Å². The number of aryl methyl sites for hydroxylation is 1. The molecule has 2 aromatic rings. The van der Waals surface area contributed by atoms with Crippen molar-refractivity contribution in [2.45, 2.75) is 6.92 Å². The van der Waals surface area contributed by atoms with Crippen LogP contribution in [0.2, 0.25) is 0 Å². The lowest BCUT2D eigenvalue weighted by atomic mass is 10.1. The van der Waals surface area contributed by atoms with Crippen LogP contribution in [0.15, 0.2) is 27.4 Å². The van der Waals surface area contributed by atoms with E-state index in [0.717, 1.165) is 0 Å². The quantitative estimate of drug-likeness (QED) is 0.723. The Morgan fingerprint density at radius 2 is 2.13 bits per heavy atom. The zero-order valence-corrected chi connectivity index (χ0v) is 8.40. The van der Waals surface area contributed by atoms with E-state index in [1.54, 1.807) is 19.1 Å². The fraction of sp³-hybridized carbons (Fsp3) is 0.182. The summed E-state index contributed by atoms with van der Waals surface area (Å²) in [5.74, 6) is 0.545. The molecule has 2 rings (SSSR count). The van der Waals surface area contributed by atoms with Crippen LogP contribution in [-0.4, -0.2) is 12.2 Å². The summed E-state index contributed by atoms with van der Waals surface area (Å²) in [6.07, 6.45) is 0. The Balaban J connectivity index is 2.96. The number of benzene rings is 1. The molecule has 0 atom stereocenters. The van der Waals surface area contributed by atoms with Crippen LogP contribution in [-0.2, 0) is 0 Å². The molecule has 1 heterocycles. The van der Waals surface area contributed by atoms with Gasteiger partial charge in [0.25, 0.3) is 0 Å². The Labute approximate surface area is 85.7 Å². The van der Waals surface area contributed by atoms with Crippen LogP contribution in [0.5, 0.6) is 11.5 Å². The van der Waals surface area contributed by atoms with Crippen molar-refractivity contribution in [2.75, 3.05) is 7.11 Å². The van der Waals surface area contributed by atoms with E-state index in [1.807, 2.05) is 0 Å². The fourth-order valence-corrected chi connectivity index (χ4v) is 1.49. The molecule has 0 radical (unpaired) electrons. The maximum atomic E-state index is 11.2. The standard InChI is InChI=1S/C11H10O4/c1-6-8(12)4-3-7-9(14-2)5-10(13)15-11(6)7/h3-5,12H,1-2H3. The SMILES string of the molecule is COc1cc(=O)oc2c(C)c(O)ccc12. The van der Waals surface area contributed by atoms with Crippen molar-refractivity contribution >= 4 is 11.0 Å². The van der Waals surface area contributed by atoms with E-state index < -0.39 is 5.63 Å². The Morgan fingerprint density at radius 1 is 1.40 bits per heavy atom. The molecule has 1 aromatic heterocycles. The number of hydrogen-bond acceptors (Lipinski definition) is 4. The first-order valence-electron chi connectivity index (χ1n) is 4.44. The van der Waals surface area contributed by atoms with E-state index in [-0.39, 0.29) is 5.75 Å². The number of ether oxygens (including phenoxy) is 1. The lowest BCUT2D eigenvalue weighted by Gasteiger charge is -2.06. The first-order chi connectivity index (χ1) is 7.13. The second-order valence-electron chi connectivity index (χ2n) is 3.22. The molecule has 0 bridgehead atoms. The van der Waals surface area contributed by atoms with E-state index >= 15 is 0 Å². The van der Waals surface area contributed by atoms with Crippen molar-refractivity contribution in [3.8, 4) is 11.5 Å². The third-order valence-electron chi connectivity index (χ3n) is 2.31. The van der Waals surface area contributed by atoms with Gasteiger partial charge in [-0.1, -0.05) is 0 Å². The summed E-state index contributed by atoms with van der Waals surface area (Å²) < 4.78 is 10.1. The molecule has 0 aliphatic heterocycles. The monoisotopic (exact) mass is 206 g/mol. The summed E-state index contributed by atoms with van der Waals surface area (Å²) in [7, 11) is 1.48. The van der Waals surface area contributed by atoms with Gasteiger partial charge in [0.15, 0.2) is 0 Å². The molecule has 4 nitrogen and oxygen atoms in total. The molecule has 0 saturated heterocycles. The highest BCUT2D eigenvalue weighted by Gasteiger charge is 2.10. The summed E-state index contributed by atoms with van der Waals surface area (Å²) in [5.41, 5.74) is 0.399. The number of aromatic hydroxyl groups is 1. The van der Waals surface area contributed by atoms with Gasteiger partial charge in [-0.3, -0.25) is 0 Å². The normalized spacial score (nSPS) is 10.5. The van der Waals surface area contributed by atoms with Crippen LogP contribution in [0.1, 0.15) is 5.56 Å². The lowest BCUT2D eigenvalue weighted by molar-refractivity contribution is 0.412. The van der Waals surface area contributed by atoms with Crippen LogP contribution >= 0.6 is 0 Å². The summed E-state index contributed by atoms with van der Waals surface area (Å²) in [6.45, 7) is 1.68. The minimum absolute atomic E-state index is 0.0962. The Kier molecular flexibility index (Phi) is 2.11. The van der Waals surface area contributed by atoms with Gasteiger partial charge in [-0.25, -0.2) is 4.79 Å². The van der Waals surface area contributed by atoms with E-state index in [2.05, 4.69) is 0 Å². The van der Waals surface area contributed by atoms with Crippen molar-refractivity contribution in [1.82, 2.24) is 0 Å². The van der Waals surface area contributed by atoms with Gasteiger partial charge in [-0.15, -0.1) is 0 Å². The number of phenolic OH excluding ortho intramolecular Hbond substituents is 1. The average molecular weight is 206 g/mol. The summed E-state index contributed by atoms with van der Waals surface area (Å²) in [4.78, 5) is 11.2. The van der Waals surface area contributed by atoms with Crippen LogP contribution < -0.4 is 10.4 Å². The highest BCUT2D eigenvalue weighted by Crippen LogP contribution is 2.30. The van der Waals surface area contributed by atoms with Gasteiger partial charge in [0.1, 0.15) is 17.1 Å². The molecule has 0 spiro atoms. The number of fused-ring (bicyclic) bond motifs is 1. The first kappa shape index (κ1) is 9.58. The minimum Gasteiger partial charge on any atom is -0.508 e. The highest BCUT2D eigenvalue weighted by atomic mass is 16.5. The molecule has 15 heavy (non-hydrogen) atoms. The van der Waals surface area contributed by atoms with Crippen molar-refractivity contribution in [1.29, 1.82) is 0 Å². The predicted molar refractivity (Wildman–Crippen MR) is 55.4 cm³/mol. The molecule has 0 unspecified atom stereocenters. The Hall–Kier alpha value is -1.97. The number of hydrogen-bond donors (Lipinski definition) is 1. The van der Waals surface area contributed by atoms with Crippen LogP contribution in [0.4, 0.5) is 0 Å². The predicted octanol–water partition coefficient (Wildman–Crippen LogP) is 1.82. The second-order valence-corrected chi connectivity index (χ2v) is 3.22. The maximum absolute atomic E-state index is 11.2. The molecule has 0 saturated carbocycles. The van der Waals surface area contributed by atoms with E-state index in [1.165, 1.54) is 13.2 Å². The molecule has 1 N–H and O–H groups in total. The number of phenols is 1. The van der Waals surface area contributed by atoms with Crippen LogP contribution in [0, 0.1) is 6.92 Å². The van der Waals surface area contributed by atoms with Gasteiger partial charge in [-0.05, 0) is 19.1 Å².